The molecule has 1 N–H and O–H groups in total. The number of rotatable bonds is 1. The van der Waals surface area contributed by atoms with Gasteiger partial charge in [-0.15, -0.1) is 0 Å². The molecule has 0 atom stereocenters. The number of piperazine rings is 1. The molecule has 1 saturated heterocycles. The first-order chi connectivity index (χ1) is 8.06. The Balaban J connectivity index is 1.88. The highest BCUT2D eigenvalue weighted by Crippen LogP contribution is 2.44. The first-order valence-electron chi connectivity index (χ1n) is 6.69. The zero-order chi connectivity index (χ0) is 12.1. The van der Waals surface area contributed by atoms with Crippen LogP contribution in [-0.2, 0) is 9.59 Å². The van der Waals surface area contributed by atoms with E-state index in [0.29, 0.717) is 0 Å². The molecule has 4 nitrogen and oxygen atoms in total. The predicted octanol–water partition coefficient (Wildman–Crippen LogP) is 1.20. The van der Waals surface area contributed by atoms with E-state index in [0.717, 1.165) is 38.5 Å². The molecule has 3 fully saturated rings. The topological polar surface area (TPSA) is 49.4 Å². The number of nitrogens with one attached hydrogen (secondary N) is 1. The Morgan fingerprint density at radius 2 is 1.71 bits per heavy atom. The van der Waals surface area contributed by atoms with Crippen molar-refractivity contribution in [1.29, 1.82) is 0 Å². The summed E-state index contributed by atoms with van der Waals surface area (Å²) in [7, 11) is 0. The molecule has 1 heterocycles. The van der Waals surface area contributed by atoms with E-state index in [1.54, 1.807) is 0 Å². The average molecular weight is 236 g/mol. The molecule has 1 spiro atoms. The molecule has 0 unspecified atom stereocenters. The molecule has 0 bridgehead atoms. The summed E-state index contributed by atoms with van der Waals surface area (Å²) < 4.78 is 0. The van der Waals surface area contributed by atoms with Crippen LogP contribution in [0.1, 0.15) is 51.9 Å². The highest BCUT2D eigenvalue weighted by molar-refractivity contribution is 5.98. The smallest absolute Gasteiger partial charge is 0.249 e. The molecule has 3 rings (SSSR count). The van der Waals surface area contributed by atoms with Crippen LogP contribution in [0.5, 0.6) is 0 Å². The van der Waals surface area contributed by atoms with Gasteiger partial charge in [0.2, 0.25) is 11.8 Å². The molecule has 2 saturated carbocycles. The Hall–Kier alpha value is -1.06. The van der Waals surface area contributed by atoms with E-state index in [-0.39, 0.29) is 23.9 Å². The third-order valence-electron chi connectivity index (χ3n) is 4.67. The summed E-state index contributed by atoms with van der Waals surface area (Å²) in [4.78, 5) is 26.4. The largest absolute Gasteiger partial charge is 0.340 e. The van der Waals surface area contributed by atoms with E-state index in [1.807, 2.05) is 4.90 Å². The summed E-state index contributed by atoms with van der Waals surface area (Å²) in [5.41, 5.74) is -0.585. The number of carbonyl (C=O) groups excluding carboxylic acids is 2. The van der Waals surface area contributed by atoms with Crippen LogP contribution in [0.25, 0.3) is 0 Å². The minimum Gasteiger partial charge on any atom is -0.340 e. The molecular formula is C13H20N2O2. The van der Waals surface area contributed by atoms with Gasteiger partial charge in [0.25, 0.3) is 0 Å². The molecule has 17 heavy (non-hydrogen) atoms. The van der Waals surface area contributed by atoms with Crippen LogP contribution in [0, 0.1) is 0 Å². The fourth-order valence-electron chi connectivity index (χ4n) is 3.21. The molecule has 3 aliphatic rings. The van der Waals surface area contributed by atoms with Crippen molar-refractivity contribution in [3.05, 3.63) is 0 Å². The number of hydrogen-bond donors (Lipinski definition) is 1. The van der Waals surface area contributed by atoms with Crippen molar-refractivity contribution in [3.8, 4) is 0 Å². The lowest BCUT2D eigenvalue weighted by Gasteiger charge is -2.46. The highest BCUT2D eigenvalue weighted by Gasteiger charge is 2.55. The maximum Gasteiger partial charge on any atom is 0.249 e. The van der Waals surface area contributed by atoms with Gasteiger partial charge >= 0.3 is 0 Å². The van der Waals surface area contributed by atoms with Crippen molar-refractivity contribution in [2.75, 3.05) is 6.54 Å². The van der Waals surface area contributed by atoms with Gasteiger partial charge in [0.1, 0.15) is 12.1 Å². The minimum absolute atomic E-state index is 0.0274. The summed E-state index contributed by atoms with van der Waals surface area (Å²) in [5.74, 6) is 0.205. The van der Waals surface area contributed by atoms with Gasteiger partial charge in [-0.25, -0.2) is 0 Å². The van der Waals surface area contributed by atoms with Crippen LogP contribution in [0.2, 0.25) is 0 Å². The van der Waals surface area contributed by atoms with Crippen LogP contribution in [0.3, 0.4) is 0 Å². The van der Waals surface area contributed by atoms with Crippen LogP contribution >= 0.6 is 0 Å². The third kappa shape index (κ3) is 1.65. The molecule has 0 radical (unpaired) electrons. The van der Waals surface area contributed by atoms with Crippen molar-refractivity contribution in [3.63, 3.8) is 0 Å². The van der Waals surface area contributed by atoms with Gasteiger partial charge in [-0.1, -0.05) is 19.3 Å². The van der Waals surface area contributed by atoms with Gasteiger partial charge in [-0.3, -0.25) is 9.59 Å². The van der Waals surface area contributed by atoms with E-state index in [4.69, 9.17) is 0 Å². The van der Waals surface area contributed by atoms with E-state index >= 15 is 0 Å². The van der Waals surface area contributed by atoms with Crippen molar-refractivity contribution in [2.45, 2.75) is 62.9 Å². The zero-order valence-corrected chi connectivity index (χ0v) is 10.4. The molecule has 0 aromatic carbocycles. The van der Waals surface area contributed by atoms with E-state index in [2.05, 4.69) is 12.2 Å². The fraction of sp³-hybridized carbons (Fsp3) is 0.846. The molecule has 2 aliphatic carbocycles. The highest BCUT2D eigenvalue weighted by atomic mass is 16.2. The fourth-order valence-corrected chi connectivity index (χ4v) is 3.21. The van der Waals surface area contributed by atoms with Gasteiger partial charge in [-0.05, 0) is 32.6 Å². The van der Waals surface area contributed by atoms with Crippen molar-refractivity contribution in [1.82, 2.24) is 10.2 Å². The predicted molar refractivity (Wildman–Crippen MR) is 63.3 cm³/mol. The van der Waals surface area contributed by atoms with Crippen molar-refractivity contribution < 1.29 is 9.59 Å². The zero-order valence-electron chi connectivity index (χ0n) is 10.4. The summed E-state index contributed by atoms with van der Waals surface area (Å²) in [6.07, 6.45) is 7.02. The summed E-state index contributed by atoms with van der Waals surface area (Å²) in [5, 5.41) is 2.98. The van der Waals surface area contributed by atoms with Crippen molar-refractivity contribution >= 4 is 11.8 Å². The molecular weight excluding hydrogens is 216 g/mol. The quantitative estimate of drug-likeness (QED) is 0.743. The van der Waals surface area contributed by atoms with Crippen LogP contribution in [0.4, 0.5) is 0 Å². The molecule has 0 aromatic rings. The number of hydrogen-bond acceptors (Lipinski definition) is 2. The number of nitrogens with zero attached hydrogens (tertiary/aromatic N) is 1. The van der Waals surface area contributed by atoms with Crippen LogP contribution in [-0.4, -0.2) is 34.3 Å². The SMILES string of the molecule is CC1(N2CC(=O)NC3(CCCCC3)C2=O)CC1. The van der Waals surface area contributed by atoms with Gasteiger partial charge < -0.3 is 10.2 Å². The maximum atomic E-state index is 12.6. The number of amides is 2. The number of carbonyl (C=O) groups is 2. The Kier molecular flexibility index (Phi) is 2.25. The van der Waals surface area contributed by atoms with Gasteiger partial charge in [-0.2, -0.15) is 0 Å². The summed E-state index contributed by atoms with van der Waals surface area (Å²) in [6.45, 7) is 2.36. The second-order valence-electron chi connectivity index (χ2n) is 6.08. The van der Waals surface area contributed by atoms with E-state index in [1.165, 1.54) is 6.42 Å². The molecule has 4 heteroatoms. The Bertz CT molecular complexity index is 368. The normalized spacial score (nSPS) is 30.3. The minimum atomic E-state index is -0.556. The van der Waals surface area contributed by atoms with Crippen LogP contribution < -0.4 is 5.32 Å². The molecule has 1 aliphatic heterocycles. The molecule has 2 amide bonds. The summed E-state index contributed by atoms with van der Waals surface area (Å²) >= 11 is 0. The first-order valence-corrected chi connectivity index (χ1v) is 6.69. The molecule has 94 valence electrons. The van der Waals surface area contributed by atoms with E-state index < -0.39 is 5.54 Å². The summed E-state index contributed by atoms with van der Waals surface area (Å²) in [6, 6.07) is 0. The Morgan fingerprint density at radius 3 is 2.29 bits per heavy atom. The van der Waals surface area contributed by atoms with E-state index in [9.17, 15) is 9.59 Å². The lowest BCUT2D eigenvalue weighted by molar-refractivity contribution is -0.154. The Labute approximate surface area is 102 Å². The van der Waals surface area contributed by atoms with Gasteiger partial charge in [0.05, 0.1) is 0 Å². The lowest BCUT2D eigenvalue weighted by atomic mass is 9.79. The van der Waals surface area contributed by atoms with Crippen LogP contribution in [0.15, 0.2) is 0 Å². The second kappa shape index (κ2) is 3.47. The maximum absolute atomic E-state index is 12.6. The molecule has 0 aromatic heterocycles. The second-order valence-corrected chi connectivity index (χ2v) is 6.08. The van der Waals surface area contributed by atoms with Gasteiger partial charge in [0.15, 0.2) is 0 Å². The Morgan fingerprint density at radius 1 is 1.06 bits per heavy atom. The van der Waals surface area contributed by atoms with Crippen molar-refractivity contribution in [2.24, 2.45) is 0 Å². The monoisotopic (exact) mass is 236 g/mol. The third-order valence-corrected chi connectivity index (χ3v) is 4.67. The lowest BCUT2D eigenvalue weighted by Crippen LogP contribution is -2.69. The van der Waals surface area contributed by atoms with Gasteiger partial charge in [0, 0.05) is 5.54 Å². The average Bonchev–Trinajstić information content (AvgIpc) is 3.04. The first kappa shape index (κ1) is 11.1. The standard InChI is InChI=1S/C13H20N2O2/c1-12(7-8-12)15-9-10(16)14-13(11(15)17)5-3-2-4-6-13/h2-9H2,1H3,(H,14,16).